The van der Waals surface area contributed by atoms with Crippen molar-refractivity contribution >= 4 is 34.8 Å². The minimum atomic E-state index is -0.471. The van der Waals surface area contributed by atoms with Gasteiger partial charge in [0.25, 0.3) is 5.91 Å². The molecule has 0 aliphatic heterocycles. The van der Waals surface area contributed by atoms with Gasteiger partial charge in [-0.15, -0.1) is 0 Å². The van der Waals surface area contributed by atoms with Crippen LogP contribution in [0, 0.1) is 20.8 Å². The summed E-state index contributed by atoms with van der Waals surface area (Å²) in [5, 5.41) is 7.22. The van der Waals surface area contributed by atoms with Crippen molar-refractivity contribution in [3.8, 4) is 5.75 Å². The van der Waals surface area contributed by atoms with Crippen molar-refractivity contribution in [3.05, 3.63) is 74.6 Å². The van der Waals surface area contributed by atoms with Gasteiger partial charge in [-0.25, -0.2) is 0 Å². The maximum absolute atomic E-state index is 12.7. The molecule has 2 aromatic carbocycles. The number of carbonyl (C=O) groups is 1. The minimum Gasteiger partial charge on any atom is -0.489 e. The van der Waals surface area contributed by atoms with Gasteiger partial charge >= 0.3 is 0 Å². The molecule has 0 unspecified atom stereocenters. The first kappa shape index (κ1) is 19.3. The van der Waals surface area contributed by atoms with Crippen molar-refractivity contribution in [2.24, 2.45) is 0 Å². The van der Waals surface area contributed by atoms with Crippen molar-refractivity contribution in [2.75, 3.05) is 5.32 Å². The lowest BCUT2D eigenvalue weighted by atomic mass is 10.1. The lowest BCUT2D eigenvalue weighted by Gasteiger charge is -2.10. The van der Waals surface area contributed by atoms with E-state index < -0.39 is 5.91 Å². The van der Waals surface area contributed by atoms with Crippen molar-refractivity contribution in [2.45, 2.75) is 27.4 Å². The largest absolute Gasteiger partial charge is 0.489 e. The molecule has 0 aliphatic carbocycles. The molecule has 3 aromatic rings. The van der Waals surface area contributed by atoms with Gasteiger partial charge in [-0.1, -0.05) is 40.5 Å². The van der Waals surface area contributed by atoms with Gasteiger partial charge in [0, 0.05) is 0 Å². The van der Waals surface area contributed by atoms with E-state index in [9.17, 15) is 4.79 Å². The van der Waals surface area contributed by atoms with Gasteiger partial charge in [0.2, 0.25) is 0 Å². The van der Waals surface area contributed by atoms with Crippen LogP contribution in [-0.4, -0.2) is 11.1 Å². The van der Waals surface area contributed by atoms with Crippen LogP contribution < -0.4 is 10.1 Å². The lowest BCUT2D eigenvalue weighted by molar-refractivity contribution is 0.101. The van der Waals surface area contributed by atoms with Gasteiger partial charge in [0.15, 0.2) is 5.69 Å². The molecule has 1 N–H and O–H groups in total. The molecular weight excluding hydrogens is 387 g/mol. The Morgan fingerprint density at radius 1 is 1.11 bits per heavy atom. The zero-order chi connectivity index (χ0) is 19.6. The smallest absolute Gasteiger partial charge is 0.278 e. The molecule has 0 fully saturated rings. The van der Waals surface area contributed by atoms with E-state index in [0.29, 0.717) is 32.8 Å². The van der Waals surface area contributed by atoms with Crippen molar-refractivity contribution < 1.29 is 14.1 Å². The van der Waals surface area contributed by atoms with Crippen molar-refractivity contribution in [1.82, 2.24) is 5.16 Å². The molecule has 0 radical (unpaired) electrons. The Morgan fingerprint density at radius 2 is 1.74 bits per heavy atom. The van der Waals surface area contributed by atoms with E-state index in [4.69, 9.17) is 32.5 Å². The number of nitrogens with one attached hydrogen (secondary N) is 1. The lowest BCUT2D eigenvalue weighted by Crippen LogP contribution is -2.16. The number of ether oxygens (including phenoxy) is 1. The van der Waals surface area contributed by atoms with Crippen LogP contribution in [0.1, 0.15) is 32.9 Å². The summed E-state index contributed by atoms with van der Waals surface area (Å²) in [5.41, 5.74) is 3.21. The van der Waals surface area contributed by atoms with Crippen LogP contribution in [0.15, 0.2) is 40.9 Å². The van der Waals surface area contributed by atoms with Gasteiger partial charge in [0.05, 0.1) is 21.3 Å². The standard InChI is InChI=1S/C20H18Cl2N2O3/c1-11-7-12(2)9-14(8-11)26-10-15-13(3)27-24-18(15)20(25)23-19-16(21)5-4-6-17(19)22/h4-9H,10H2,1-3H3,(H,23,25). The number of carbonyl (C=O) groups excluding carboxylic acids is 1. The topological polar surface area (TPSA) is 64.4 Å². The molecule has 7 heteroatoms. The number of anilines is 1. The molecule has 0 atom stereocenters. The molecule has 27 heavy (non-hydrogen) atoms. The molecule has 0 bridgehead atoms. The molecule has 0 aliphatic rings. The van der Waals surface area contributed by atoms with E-state index >= 15 is 0 Å². The SMILES string of the molecule is Cc1cc(C)cc(OCc2c(C(=O)Nc3c(Cl)cccc3Cl)noc2C)c1. The van der Waals surface area contributed by atoms with Crippen LogP contribution >= 0.6 is 23.2 Å². The number of benzene rings is 2. The molecule has 0 spiro atoms. The number of amides is 1. The number of aromatic nitrogens is 1. The maximum atomic E-state index is 12.7. The van der Waals surface area contributed by atoms with Gasteiger partial charge in [-0.3, -0.25) is 4.79 Å². The molecular formula is C20H18Cl2N2O3. The monoisotopic (exact) mass is 404 g/mol. The number of halogens is 2. The van der Waals surface area contributed by atoms with E-state index in [0.717, 1.165) is 11.1 Å². The van der Waals surface area contributed by atoms with Crippen LogP contribution in [0.25, 0.3) is 0 Å². The third kappa shape index (κ3) is 4.43. The van der Waals surface area contributed by atoms with E-state index in [-0.39, 0.29) is 12.3 Å². The van der Waals surface area contributed by atoms with Crippen molar-refractivity contribution in [1.29, 1.82) is 0 Å². The number of aryl methyl sites for hydroxylation is 3. The average molecular weight is 405 g/mol. The molecule has 5 nitrogen and oxygen atoms in total. The van der Waals surface area contributed by atoms with E-state index in [1.165, 1.54) is 0 Å². The third-order valence-corrected chi connectivity index (χ3v) is 4.61. The molecule has 0 saturated carbocycles. The Balaban J connectivity index is 1.80. The first-order chi connectivity index (χ1) is 12.8. The summed E-state index contributed by atoms with van der Waals surface area (Å²) in [6, 6.07) is 10.9. The summed E-state index contributed by atoms with van der Waals surface area (Å²) < 4.78 is 11.0. The zero-order valence-corrected chi connectivity index (χ0v) is 16.6. The van der Waals surface area contributed by atoms with Crippen molar-refractivity contribution in [3.63, 3.8) is 0 Å². The zero-order valence-electron chi connectivity index (χ0n) is 15.1. The summed E-state index contributed by atoms with van der Waals surface area (Å²) in [5.74, 6) is 0.754. The third-order valence-electron chi connectivity index (χ3n) is 3.98. The predicted octanol–water partition coefficient (Wildman–Crippen LogP) is 5.74. The van der Waals surface area contributed by atoms with E-state index in [2.05, 4.69) is 16.5 Å². The fraction of sp³-hybridized carbons (Fsp3) is 0.200. The second-order valence-electron chi connectivity index (χ2n) is 6.23. The first-order valence-electron chi connectivity index (χ1n) is 8.26. The molecule has 1 aromatic heterocycles. The molecule has 3 rings (SSSR count). The van der Waals surface area contributed by atoms with Gasteiger partial charge in [-0.2, -0.15) is 0 Å². The van der Waals surface area contributed by atoms with Crippen LogP contribution in [0.4, 0.5) is 5.69 Å². The second-order valence-corrected chi connectivity index (χ2v) is 7.04. The summed E-state index contributed by atoms with van der Waals surface area (Å²) >= 11 is 12.2. The quantitative estimate of drug-likeness (QED) is 0.588. The number of para-hydroxylation sites is 1. The Kier molecular flexibility index (Phi) is 5.73. The maximum Gasteiger partial charge on any atom is 0.278 e. The predicted molar refractivity (Wildman–Crippen MR) is 106 cm³/mol. The highest BCUT2D eigenvalue weighted by Gasteiger charge is 2.22. The summed E-state index contributed by atoms with van der Waals surface area (Å²) in [4.78, 5) is 12.7. The highest BCUT2D eigenvalue weighted by atomic mass is 35.5. The number of nitrogens with zero attached hydrogens (tertiary/aromatic N) is 1. The normalized spacial score (nSPS) is 10.7. The number of rotatable bonds is 5. The van der Waals surface area contributed by atoms with Crippen LogP contribution in [0.2, 0.25) is 10.0 Å². The summed E-state index contributed by atoms with van der Waals surface area (Å²) in [7, 11) is 0. The van der Waals surface area contributed by atoms with Gasteiger partial charge < -0.3 is 14.6 Å². The summed E-state index contributed by atoms with van der Waals surface area (Å²) in [6.07, 6.45) is 0. The highest BCUT2D eigenvalue weighted by molar-refractivity contribution is 6.40. The fourth-order valence-electron chi connectivity index (χ4n) is 2.70. The Morgan fingerprint density at radius 3 is 2.37 bits per heavy atom. The molecule has 140 valence electrons. The molecule has 1 heterocycles. The highest BCUT2D eigenvalue weighted by Crippen LogP contribution is 2.30. The number of hydrogen-bond acceptors (Lipinski definition) is 4. The Labute approximate surface area is 167 Å². The average Bonchev–Trinajstić information content (AvgIpc) is 2.96. The molecule has 0 saturated heterocycles. The minimum absolute atomic E-state index is 0.132. The van der Waals surface area contributed by atoms with Gasteiger partial charge in [-0.05, 0) is 56.2 Å². The number of hydrogen-bond donors (Lipinski definition) is 1. The van der Waals surface area contributed by atoms with Gasteiger partial charge in [0.1, 0.15) is 18.1 Å². The second kappa shape index (κ2) is 8.03. The van der Waals surface area contributed by atoms with E-state index in [1.54, 1.807) is 25.1 Å². The Hall–Kier alpha value is -2.50. The fourth-order valence-corrected chi connectivity index (χ4v) is 3.19. The molecule has 1 amide bonds. The van der Waals surface area contributed by atoms with Crippen LogP contribution in [0.5, 0.6) is 5.75 Å². The van der Waals surface area contributed by atoms with Crippen LogP contribution in [0.3, 0.4) is 0 Å². The van der Waals surface area contributed by atoms with Crippen LogP contribution in [-0.2, 0) is 6.61 Å². The Bertz CT molecular complexity index is 958. The first-order valence-corrected chi connectivity index (χ1v) is 9.02. The van der Waals surface area contributed by atoms with E-state index in [1.807, 2.05) is 26.0 Å². The summed E-state index contributed by atoms with van der Waals surface area (Å²) in [6.45, 7) is 5.87.